The lowest BCUT2D eigenvalue weighted by Crippen LogP contribution is -2.33. The third-order valence-electron chi connectivity index (χ3n) is 3.93. The summed E-state index contributed by atoms with van der Waals surface area (Å²) < 4.78 is 31.0. The van der Waals surface area contributed by atoms with Crippen molar-refractivity contribution in [3.63, 3.8) is 0 Å². The molecule has 0 bridgehead atoms. The number of cyclic esters (lactones) is 1. The fraction of sp³-hybridized carbons (Fsp3) is 0.467. The van der Waals surface area contributed by atoms with Crippen molar-refractivity contribution >= 4 is 34.6 Å². The number of nitrogens with one attached hydrogen (secondary N) is 1. The van der Waals surface area contributed by atoms with E-state index < -0.39 is 29.2 Å². The number of hydrogen-bond donors (Lipinski definition) is 1. The van der Waals surface area contributed by atoms with Crippen molar-refractivity contribution in [3.8, 4) is 0 Å². The number of hydrogen-bond acceptors (Lipinski definition) is 5. The second-order valence-corrected chi connectivity index (χ2v) is 7.27. The molecule has 2 heterocycles. The molecule has 0 aliphatic carbocycles. The summed E-state index contributed by atoms with van der Waals surface area (Å²) in [6, 6.07) is 4.50. The second kappa shape index (κ2) is 6.86. The number of amides is 2. The Morgan fingerprint density at radius 1 is 1.54 bits per heavy atom. The van der Waals surface area contributed by atoms with E-state index in [0.29, 0.717) is 29.5 Å². The number of nitrogens with zero attached hydrogens (tertiary/aromatic N) is 2. The van der Waals surface area contributed by atoms with Crippen LogP contribution in [0.25, 0.3) is 0 Å². The van der Waals surface area contributed by atoms with Crippen molar-refractivity contribution in [2.24, 2.45) is 0 Å². The molecule has 24 heavy (non-hydrogen) atoms. The predicted octanol–water partition coefficient (Wildman–Crippen LogP) is 0.813. The van der Waals surface area contributed by atoms with Crippen molar-refractivity contribution in [1.82, 2.24) is 5.32 Å². The van der Waals surface area contributed by atoms with E-state index in [2.05, 4.69) is 5.32 Å². The highest BCUT2D eigenvalue weighted by molar-refractivity contribution is 7.91. The van der Waals surface area contributed by atoms with Gasteiger partial charge < -0.3 is 19.5 Å². The van der Waals surface area contributed by atoms with Gasteiger partial charge in [-0.15, -0.1) is 0 Å². The van der Waals surface area contributed by atoms with Crippen LogP contribution in [0, 0.1) is 5.82 Å². The fourth-order valence-corrected chi connectivity index (χ4v) is 3.89. The van der Waals surface area contributed by atoms with E-state index in [1.54, 1.807) is 17.0 Å². The van der Waals surface area contributed by atoms with Crippen molar-refractivity contribution < 1.29 is 23.3 Å². The molecular formula is C15H18FN3O4S. The molecule has 2 aliphatic heterocycles. The summed E-state index contributed by atoms with van der Waals surface area (Å²) in [6.07, 6.45) is -1.04. The first-order valence-corrected chi connectivity index (χ1v) is 9.05. The number of ether oxygens (including phenoxy) is 1. The molecule has 0 spiro atoms. The highest BCUT2D eigenvalue weighted by Crippen LogP contribution is 2.29. The topological polar surface area (TPSA) is 84.9 Å². The van der Waals surface area contributed by atoms with E-state index in [9.17, 15) is 18.5 Å². The molecule has 9 heteroatoms. The third kappa shape index (κ3) is 3.57. The van der Waals surface area contributed by atoms with E-state index in [0.717, 1.165) is 0 Å². The molecule has 2 fully saturated rings. The van der Waals surface area contributed by atoms with E-state index in [4.69, 9.17) is 4.74 Å². The molecule has 1 aromatic carbocycles. The van der Waals surface area contributed by atoms with E-state index in [1.807, 2.05) is 0 Å². The van der Waals surface area contributed by atoms with Gasteiger partial charge in [-0.1, -0.05) is 0 Å². The lowest BCUT2D eigenvalue weighted by Gasteiger charge is -2.18. The predicted molar refractivity (Wildman–Crippen MR) is 87.9 cm³/mol. The van der Waals surface area contributed by atoms with Crippen LogP contribution >= 0.6 is 0 Å². The van der Waals surface area contributed by atoms with Crippen LogP contribution in [0.5, 0.6) is 0 Å². The third-order valence-corrected chi connectivity index (χ3v) is 5.16. The minimum atomic E-state index is -0.946. The SMILES string of the molecule is CC(=O)NCC1CN(c2ccc(N3CC[S+]([O-])C3)c(F)c2)C(=O)O1. The Morgan fingerprint density at radius 2 is 2.33 bits per heavy atom. The van der Waals surface area contributed by atoms with Gasteiger partial charge in [0.05, 0.1) is 31.0 Å². The summed E-state index contributed by atoms with van der Waals surface area (Å²) in [6.45, 7) is 2.39. The van der Waals surface area contributed by atoms with Gasteiger partial charge in [-0.05, 0) is 29.4 Å². The molecule has 2 amide bonds. The summed E-state index contributed by atoms with van der Waals surface area (Å²) in [5, 5.41) is 2.59. The number of halogens is 1. The lowest BCUT2D eigenvalue weighted by molar-refractivity contribution is -0.119. The Balaban J connectivity index is 1.70. The average Bonchev–Trinajstić information content (AvgIpc) is 3.11. The molecule has 3 rings (SSSR count). The number of benzene rings is 1. The summed E-state index contributed by atoms with van der Waals surface area (Å²) in [7, 11) is 0. The molecule has 0 aromatic heterocycles. The van der Waals surface area contributed by atoms with E-state index in [1.165, 1.54) is 17.9 Å². The Bertz CT molecular complexity index is 660. The van der Waals surface area contributed by atoms with Crippen molar-refractivity contribution in [3.05, 3.63) is 24.0 Å². The Hall–Kier alpha value is -2.00. The monoisotopic (exact) mass is 355 g/mol. The Labute approximate surface area is 141 Å². The van der Waals surface area contributed by atoms with Crippen LogP contribution in [0.4, 0.5) is 20.6 Å². The quantitative estimate of drug-likeness (QED) is 0.808. The maximum absolute atomic E-state index is 14.4. The van der Waals surface area contributed by atoms with Crippen LogP contribution in [0.1, 0.15) is 6.92 Å². The highest BCUT2D eigenvalue weighted by Gasteiger charge is 2.33. The molecule has 1 aromatic rings. The average molecular weight is 355 g/mol. The molecule has 130 valence electrons. The van der Waals surface area contributed by atoms with Gasteiger partial charge in [-0.25, -0.2) is 9.18 Å². The van der Waals surface area contributed by atoms with Crippen LogP contribution in [-0.2, 0) is 20.7 Å². The zero-order valence-corrected chi connectivity index (χ0v) is 14.0. The minimum Gasteiger partial charge on any atom is -0.615 e. The van der Waals surface area contributed by atoms with Gasteiger partial charge in [0, 0.05) is 6.92 Å². The van der Waals surface area contributed by atoms with Gasteiger partial charge >= 0.3 is 6.09 Å². The number of carbonyl (C=O) groups is 2. The summed E-state index contributed by atoms with van der Waals surface area (Å²) in [5.74, 6) is 0.179. The first-order chi connectivity index (χ1) is 11.4. The van der Waals surface area contributed by atoms with Crippen molar-refractivity contribution in [2.75, 3.05) is 41.1 Å². The van der Waals surface area contributed by atoms with Crippen LogP contribution in [0.15, 0.2) is 18.2 Å². The molecule has 0 saturated carbocycles. The molecule has 2 atom stereocenters. The van der Waals surface area contributed by atoms with E-state index in [-0.39, 0.29) is 19.0 Å². The summed E-state index contributed by atoms with van der Waals surface area (Å²) in [4.78, 5) is 25.9. The van der Waals surface area contributed by atoms with Gasteiger partial charge in [0.15, 0.2) is 5.88 Å². The second-order valence-electron chi connectivity index (χ2n) is 5.73. The zero-order chi connectivity index (χ0) is 17.3. The van der Waals surface area contributed by atoms with Crippen molar-refractivity contribution in [2.45, 2.75) is 13.0 Å². The molecule has 2 unspecified atom stereocenters. The minimum absolute atomic E-state index is 0.206. The maximum atomic E-state index is 14.4. The fourth-order valence-electron chi connectivity index (χ4n) is 2.72. The molecule has 1 N–H and O–H groups in total. The zero-order valence-electron chi connectivity index (χ0n) is 13.2. The highest BCUT2D eigenvalue weighted by atomic mass is 32.2. The van der Waals surface area contributed by atoms with Crippen LogP contribution in [0.2, 0.25) is 0 Å². The Morgan fingerprint density at radius 3 is 2.96 bits per heavy atom. The number of carbonyl (C=O) groups excluding carboxylic acids is 2. The standard InChI is InChI=1S/C15H18FN3O4S/c1-10(20)17-7-12-8-19(15(21)23-12)11-2-3-14(13(16)6-11)18-4-5-24(22)9-18/h2-3,6,12H,4-5,7-9H2,1H3,(H,17,20). The Kier molecular flexibility index (Phi) is 4.81. The first kappa shape index (κ1) is 16.8. The molecular weight excluding hydrogens is 337 g/mol. The molecule has 7 nitrogen and oxygen atoms in total. The number of rotatable bonds is 4. The number of anilines is 2. The van der Waals surface area contributed by atoms with Crippen molar-refractivity contribution in [1.29, 1.82) is 0 Å². The van der Waals surface area contributed by atoms with Gasteiger partial charge in [-0.2, -0.15) is 0 Å². The first-order valence-electron chi connectivity index (χ1n) is 7.56. The van der Waals surface area contributed by atoms with Crippen LogP contribution in [0.3, 0.4) is 0 Å². The van der Waals surface area contributed by atoms with Gasteiger partial charge in [0.1, 0.15) is 17.7 Å². The van der Waals surface area contributed by atoms with Gasteiger partial charge in [-0.3, -0.25) is 9.69 Å². The smallest absolute Gasteiger partial charge is 0.414 e. The molecule has 2 saturated heterocycles. The van der Waals surface area contributed by atoms with Crippen LogP contribution < -0.4 is 15.1 Å². The lowest BCUT2D eigenvalue weighted by atomic mass is 10.2. The molecule has 2 aliphatic rings. The van der Waals surface area contributed by atoms with Gasteiger partial charge in [0.25, 0.3) is 0 Å². The maximum Gasteiger partial charge on any atom is 0.414 e. The summed E-state index contributed by atoms with van der Waals surface area (Å²) >= 11 is -0.946. The molecule has 0 radical (unpaired) electrons. The summed E-state index contributed by atoms with van der Waals surface area (Å²) in [5.41, 5.74) is 0.777. The van der Waals surface area contributed by atoms with Crippen LogP contribution in [-0.4, -0.2) is 53.9 Å². The van der Waals surface area contributed by atoms with E-state index >= 15 is 0 Å². The normalized spacial score (nSPS) is 23.5. The van der Waals surface area contributed by atoms with Gasteiger partial charge in [0.2, 0.25) is 5.91 Å². The largest absolute Gasteiger partial charge is 0.615 e.